The van der Waals surface area contributed by atoms with E-state index in [2.05, 4.69) is 29.7 Å². The lowest BCUT2D eigenvalue weighted by Crippen LogP contribution is -2.56. The van der Waals surface area contributed by atoms with Gasteiger partial charge < -0.3 is 19.8 Å². The van der Waals surface area contributed by atoms with Crippen molar-refractivity contribution in [2.45, 2.75) is 24.9 Å². The Morgan fingerprint density at radius 3 is 2.70 bits per heavy atom. The van der Waals surface area contributed by atoms with Crippen molar-refractivity contribution in [3.8, 4) is 0 Å². The van der Waals surface area contributed by atoms with Gasteiger partial charge in [0.25, 0.3) is 5.91 Å². The molecule has 1 aromatic carbocycles. The number of carbonyl (C=O) groups is 1. The molecule has 2 saturated heterocycles. The van der Waals surface area contributed by atoms with E-state index in [0.717, 1.165) is 53.7 Å². The van der Waals surface area contributed by atoms with Gasteiger partial charge in [0, 0.05) is 36.4 Å². The number of aromatic amines is 2. The van der Waals surface area contributed by atoms with Gasteiger partial charge in [-0.1, -0.05) is 0 Å². The molecule has 0 unspecified atom stereocenters. The van der Waals surface area contributed by atoms with Crippen molar-refractivity contribution in [3.05, 3.63) is 64.8 Å². The second-order valence-electron chi connectivity index (χ2n) is 8.06. The van der Waals surface area contributed by atoms with E-state index in [1.54, 1.807) is 18.5 Å². The minimum absolute atomic E-state index is 0.0599. The van der Waals surface area contributed by atoms with Crippen molar-refractivity contribution >= 4 is 33.7 Å². The van der Waals surface area contributed by atoms with Crippen LogP contribution in [0.1, 0.15) is 23.2 Å². The highest BCUT2D eigenvalue weighted by Crippen LogP contribution is 2.35. The highest BCUT2D eigenvalue weighted by atomic mass is 16.2. The van der Waals surface area contributed by atoms with Gasteiger partial charge in [0.1, 0.15) is 17.8 Å². The zero-order valence-corrected chi connectivity index (χ0v) is 16.2. The van der Waals surface area contributed by atoms with Gasteiger partial charge in [-0.15, -0.1) is 0 Å². The summed E-state index contributed by atoms with van der Waals surface area (Å²) >= 11 is 0. The van der Waals surface area contributed by atoms with Crippen molar-refractivity contribution < 1.29 is 4.79 Å². The summed E-state index contributed by atoms with van der Waals surface area (Å²) in [6, 6.07) is 11.1. The first-order valence-corrected chi connectivity index (χ1v) is 10.2. The maximum atomic E-state index is 13.4. The molecule has 2 atom stereocenters. The van der Waals surface area contributed by atoms with Crippen LogP contribution in [0.5, 0.6) is 0 Å². The van der Waals surface area contributed by atoms with E-state index in [-0.39, 0.29) is 23.6 Å². The summed E-state index contributed by atoms with van der Waals surface area (Å²) in [6.07, 6.45) is 5.46. The number of pyridine rings is 1. The molecule has 3 aromatic heterocycles. The standard InChI is InChI=1S/C22H20N6O2/c29-19-6-2-13-9-14(1-5-18(13)26-19)22(30)28-15-3-4-16(28)11-27(10-15)21-17-7-8-23-20(17)24-12-25-21/h1-2,5-9,12,15-16H,3-4,10-11H2,(H,26,29)(H,23,24,25)/t15-,16-/m1/s1. The van der Waals surface area contributed by atoms with Crippen LogP contribution >= 0.6 is 0 Å². The van der Waals surface area contributed by atoms with Crippen LogP contribution < -0.4 is 10.5 Å². The van der Waals surface area contributed by atoms with Gasteiger partial charge in [0.05, 0.1) is 17.5 Å². The summed E-state index contributed by atoms with van der Waals surface area (Å²) in [6.45, 7) is 1.53. The van der Waals surface area contributed by atoms with E-state index < -0.39 is 0 Å². The van der Waals surface area contributed by atoms with E-state index in [0.29, 0.717) is 5.56 Å². The molecule has 0 spiro atoms. The molecule has 5 heterocycles. The molecule has 2 bridgehead atoms. The Morgan fingerprint density at radius 2 is 1.87 bits per heavy atom. The lowest BCUT2D eigenvalue weighted by atomic mass is 10.1. The van der Waals surface area contributed by atoms with Crippen molar-refractivity contribution in [2.75, 3.05) is 18.0 Å². The maximum Gasteiger partial charge on any atom is 0.254 e. The summed E-state index contributed by atoms with van der Waals surface area (Å²) in [5.74, 6) is 0.990. The minimum atomic E-state index is -0.142. The Hall–Kier alpha value is -3.68. The van der Waals surface area contributed by atoms with E-state index in [1.165, 1.54) is 6.07 Å². The number of nitrogens with one attached hydrogen (secondary N) is 2. The van der Waals surface area contributed by atoms with Gasteiger partial charge in [0.2, 0.25) is 5.56 Å². The highest BCUT2D eigenvalue weighted by molar-refractivity contribution is 5.98. The number of nitrogens with zero attached hydrogens (tertiary/aromatic N) is 4. The van der Waals surface area contributed by atoms with Crippen molar-refractivity contribution in [1.29, 1.82) is 0 Å². The fraction of sp³-hybridized carbons (Fsp3) is 0.273. The van der Waals surface area contributed by atoms with Crippen molar-refractivity contribution in [1.82, 2.24) is 24.8 Å². The number of H-pyrrole nitrogens is 2. The summed E-state index contributed by atoms with van der Waals surface area (Å²) in [5, 5.41) is 1.88. The SMILES string of the molecule is O=C(c1ccc2[nH]c(=O)ccc2c1)N1[C@@H]2CC[C@@H]1CN(c1ncnc3[nH]ccc13)C2. The van der Waals surface area contributed by atoms with Crippen LogP contribution in [0.2, 0.25) is 0 Å². The average Bonchev–Trinajstić information content (AvgIpc) is 3.34. The lowest BCUT2D eigenvalue weighted by molar-refractivity contribution is 0.0641. The molecule has 8 heteroatoms. The molecular weight excluding hydrogens is 380 g/mol. The van der Waals surface area contributed by atoms with Crippen LogP contribution in [0, 0.1) is 0 Å². The Labute approximate surface area is 171 Å². The van der Waals surface area contributed by atoms with Gasteiger partial charge >= 0.3 is 0 Å². The van der Waals surface area contributed by atoms with Crippen molar-refractivity contribution in [3.63, 3.8) is 0 Å². The fourth-order valence-electron chi connectivity index (χ4n) is 4.95. The number of benzene rings is 1. The number of piperazine rings is 1. The van der Waals surface area contributed by atoms with E-state index in [4.69, 9.17) is 0 Å². The normalized spacial score (nSPS) is 20.9. The van der Waals surface area contributed by atoms with Gasteiger partial charge in [-0.25, -0.2) is 9.97 Å². The third-order valence-electron chi connectivity index (χ3n) is 6.32. The van der Waals surface area contributed by atoms with E-state index >= 15 is 0 Å². The summed E-state index contributed by atoms with van der Waals surface area (Å²) in [7, 11) is 0. The predicted molar refractivity (Wildman–Crippen MR) is 114 cm³/mol. The number of amides is 1. The Morgan fingerprint density at radius 1 is 1.03 bits per heavy atom. The number of hydrogen-bond acceptors (Lipinski definition) is 5. The first-order valence-electron chi connectivity index (χ1n) is 10.2. The molecule has 8 nitrogen and oxygen atoms in total. The molecule has 4 aromatic rings. The smallest absolute Gasteiger partial charge is 0.254 e. The summed E-state index contributed by atoms with van der Waals surface area (Å²) in [4.78, 5) is 44.0. The van der Waals surface area contributed by atoms with Crippen LogP contribution in [0.3, 0.4) is 0 Å². The molecular formula is C22H20N6O2. The van der Waals surface area contributed by atoms with Crippen LogP contribution in [0.4, 0.5) is 5.82 Å². The quantitative estimate of drug-likeness (QED) is 0.538. The second kappa shape index (κ2) is 6.41. The van der Waals surface area contributed by atoms with Gasteiger partial charge in [-0.05, 0) is 48.6 Å². The number of fused-ring (bicyclic) bond motifs is 4. The van der Waals surface area contributed by atoms with Crippen LogP contribution in [-0.4, -0.2) is 55.9 Å². The molecule has 2 N–H and O–H groups in total. The Kier molecular flexibility index (Phi) is 3.68. The number of anilines is 1. The van der Waals surface area contributed by atoms with E-state index in [1.807, 2.05) is 24.4 Å². The highest BCUT2D eigenvalue weighted by Gasteiger charge is 2.43. The molecule has 0 saturated carbocycles. The molecule has 1 amide bonds. The number of aromatic nitrogens is 4. The number of hydrogen-bond donors (Lipinski definition) is 2. The van der Waals surface area contributed by atoms with Crippen LogP contribution in [0.15, 0.2) is 53.7 Å². The predicted octanol–water partition coefficient (Wildman–Crippen LogP) is 2.29. The summed E-state index contributed by atoms with van der Waals surface area (Å²) < 4.78 is 0. The molecule has 0 radical (unpaired) electrons. The van der Waals surface area contributed by atoms with Crippen LogP contribution in [-0.2, 0) is 0 Å². The minimum Gasteiger partial charge on any atom is -0.352 e. The molecule has 2 fully saturated rings. The second-order valence-corrected chi connectivity index (χ2v) is 8.06. The molecule has 30 heavy (non-hydrogen) atoms. The zero-order valence-electron chi connectivity index (χ0n) is 16.2. The first kappa shape index (κ1) is 17.2. The largest absolute Gasteiger partial charge is 0.352 e. The Balaban J connectivity index is 1.30. The fourth-order valence-corrected chi connectivity index (χ4v) is 4.95. The molecule has 0 aliphatic carbocycles. The first-order chi connectivity index (χ1) is 14.7. The lowest BCUT2D eigenvalue weighted by Gasteiger charge is -2.41. The monoisotopic (exact) mass is 400 g/mol. The molecule has 2 aliphatic heterocycles. The summed E-state index contributed by atoms with van der Waals surface area (Å²) in [5.41, 5.74) is 2.10. The van der Waals surface area contributed by atoms with Gasteiger partial charge in [-0.2, -0.15) is 0 Å². The maximum absolute atomic E-state index is 13.4. The molecule has 2 aliphatic rings. The van der Waals surface area contributed by atoms with E-state index in [9.17, 15) is 9.59 Å². The zero-order chi connectivity index (χ0) is 20.2. The van der Waals surface area contributed by atoms with Crippen LogP contribution in [0.25, 0.3) is 21.9 Å². The van der Waals surface area contributed by atoms with Gasteiger partial charge in [-0.3, -0.25) is 9.59 Å². The third kappa shape index (κ3) is 2.60. The number of rotatable bonds is 2. The molecule has 150 valence electrons. The average molecular weight is 400 g/mol. The Bertz CT molecular complexity index is 1330. The molecule has 6 rings (SSSR count). The topological polar surface area (TPSA) is 98.0 Å². The van der Waals surface area contributed by atoms with Gasteiger partial charge in [0.15, 0.2) is 0 Å². The van der Waals surface area contributed by atoms with Crippen molar-refractivity contribution in [2.24, 2.45) is 0 Å². The number of carbonyl (C=O) groups excluding carboxylic acids is 1. The third-order valence-corrected chi connectivity index (χ3v) is 6.32.